The van der Waals surface area contributed by atoms with E-state index in [1.807, 2.05) is 56.3 Å². The molecule has 0 saturated carbocycles. The van der Waals surface area contributed by atoms with Crippen LogP contribution in [0.15, 0.2) is 66.7 Å². The molecule has 4 aromatic rings. The summed E-state index contributed by atoms with van der Waals surface area (Å²) < 4.78 is 47.7. The Morgan fingerprint density at radius 2 is 1.72 bits per heavy atom. The minimum atomic E-state index is -3.01. The number of sulfone groups is 1. The minimum Gasteiger partial charge on any atom is -0.494 e. The average Bonchev–Trinajstić information content (AvgIpc) is 2.88. The summed E-state index contributed by atoms with van der Waals surface area (Å²) >= 11 is 0. The molecule has 0 aliphatic rings. The summed E-state index contributed by atoms with van der Waals surface area (Å²) in [5.41, 5.74) is 6.55. The van der Waals surface area contributed by atoms with Gasteiger partial charge >= 0.3 is 5.97 Å². The van der Waals surface area contributed by atoms with E-state index in [9.17, 15) is 17.6 Å². The Hall–Kier alpha value is -4.04. The van der Waals surface area contributed by atoms with Crippen LogP contribution in [0.5, 0.6) is 5.75 Å². The number of rotatable bonds is 9. The van der Waals surface area contributed by atoms with E-state index in [-0.39, 0.29) is 11.3 Å². The van der Waals surface area contributed by atoms with Gasteiger partial charge in [-0.05, 0) is 78.9 Å². The van der Waals surface area contributed by atoms with Crippen molar-refractivity contribution in [3.63, 3.8) is 0 Å². The lowest BCUT2D eigenvalue weighted by Crippen LogP contribution is -2.08. The first-order chi connectivity index (χ1) is 18.5. The Labute approximate surface area is 228 Å². The number of carbonyl (C=O) groups excluding carboxylic acids is 1. The number of aryl methyl sites for hydroxylation is 2. The monoisotopic (exact) mass is 547 g/mol. The maximum Gasteiger partial charge on any atom is 0.330 e. The van der Waals surface area contributed by atoms with E-state index in [4.69, 9.17) is 9.72 Å². The van der Waals surface area contributed by atoms with Gasteiger partial charge in [0, 0.05) is 34.9 Å². The molecule has 0 N–H and O–H groups in total. The number of ether oxygens (including phenoxy) is 2. The average molecular weight is 548 g/mol. The van der Waals surface area contributed by atoms with Gasteiger partial charge in [0.05, 0.1) is 30.7 Å². The van der Waals surface area contributed by atoms with Crippen molar-refractivity contribution in [3.8, 4) is 28.1 Å². The molecule has 0 bridgehead atoms. The number of esters is 1. The van der Waals surface area contributed by atoms with Crippen LogP contribution in [0.4, 0.5) is 4.39 Å². The van der Waals surface area contributed by atoms with Crippen LogP contribution in [0.3, 0.4) is 0 Å². The second kappa shape index (κ2) is 11.8. The lowest BCUT2D eigenvalue weighted by atomic mass is 9.93. The Bertz CT molecular complexity index is 1660. The standard InChI is InChI=1S/C31H30FNO5S/c1-20-15-26(38-13-6-14-39(4,35)36)16-21(2)31(20)25-8-5-7-23(18-25)28-11-9-24-17-22(10-12-30(34)37-3)27(32)19-29(24)33-28/h5,7-12,15-19H,6,13-14H2,1-4H3. The second-order valence-corrected chi connectivity index (χ2v) is 11.7. The van der Waals surface area contributed by atoms with Gasteiger partial charge in [-0.25, -0.2) is 22.6 Å². The van der Waals surface area contributed by atoms with Gasteiger partial charge in [-0.1, -0.05) is 24.3 Å². The fourth-order valence-electron chi connectivity index (χ4n) is 4.49. The molecule has 1 heterocycles. The largest absolute Gasteiger partial charge is 0.494 e. The molecule has 0 radical (unpaired) electrons. The summed E-state index contributed by atoms with van der Waals surface area (Å²) in [5.74, 6) is -0.234. The molecule has 0 atom stereocenters. The zero-order chi connectivity index (χ0) is 28.2. The van der Waals surface area contributed by atoms with E-state index in [1.54, 1.807) is 6.07 Å². The number of pyridine rings is 1. The number of aromatic nitrogens is 1. The number of benzene rings is 3. The molecule has 0 amide bonds. The molecule has 0 aliphatic heterocycles. The van der Waals surface area contributed by atoms with Gasteiger partial charge in [-0.3, -0.25) is 0 Å². The maximum atomic E-state index is 14.7. The van der Waals surface area contributed by atoms with Crippen molar-refractivity contribution in [3.05, 3.63) is 89.2 Å². The third kappa shape index (κ3) is 7.09. The number of nitrogens with zero attached hydrogens (tertiary/aromatic N) is 1. The number of fused-ring (bicyclic) bond motifs is 1. The zero-order valence-electron chi connectivity index (χ0n) is 22.3. The first-order valence-corrected chi connectivity index (χ1v) is 14.5. The number of halogens is 1. The minimum absolute atomic E-state index is 0.0961. The maximum absolute atomic E-state index is 14.7. The van der Waals surface area contributed by atoms with Crippen LogP contribution in [-0.2, 0) is 19.4 Å². The van der Waals surface area contributed by atoms with Crippen LogP contribution in [0.1, 0.15) is 23.1 Å². The highest BCUT2D eigenvalue weighted by Gasteiger charge is 2.12. The van der Waals surface area contributed by atoms with Crippen molar-refractivity contribution in [1.82, 2.24) is 4.98 Å². The van der Waals surface area contributed by atoms with Gasteiger partial charge in [0.25, 0.3) is 0 Å². The summed E-state index contributed by atoms with van der Waals surface area (Å²) in [6, 6.07) is 18.7. The molecule has 0 fully saturated rings. The second-order valence-electron chi connectivity index (χ2n) is 9.46. The van der Waals surface area contributed by atoms with E-state index in [2.05, 4.69) is 10.8 Å². The van der Waals surface area contributed by atoms with Crippen molar-refractivity contribution in [2.24, 2.45) is 0 Å². The molecule has 0 spiro atoms. The molecule has 8 heteroatoms. The van der Waals surface area contributed by atoms with E-state index in [0.29, 0.717) is 30.0 Å². The first-order valence-electron chi connectivity index (χ1n) is 12.4. The number of hydrogen-bond donors (Lipinski definition) is 0. The summed E-state index contributed by atoms with van der Waals surface area (Å²) in [6.45, 7) is 4.36. The van der Waals surface area contributed by atoms with Crippen LogP contribution in [0.2, 0.25) is 0 Å². The van der Waals surface area contributed by atoms with Crippen molar-refractivity contribution in [1.29, 1.82) is 0 Å². The lowest BCUT2D eigenvalue weighted by Gasteiger charge is -2.15. The molecule has 1 aromatic heterocycles. The zero-order valence-corrected chi connectivity index (χ0v) is 23.1. The molecule has 0 unspecified atom stereocenters. The summed E-state index contributed by atoms with van der Waals surface area (Å²) in [5, 5.41) is 0.750. The third-order valence-electron chi connectivity index (χ3n) is 6.29. The Kier molecular flexibility index (Phi) is 8.45. The predicted octanol–water partition coefficient (Wildman–Crippen LogP) is 6.32. The molecule has 39 heavy (non-hydrogen) atoms. The SMILES string of the molecule is COC(=O)C=Cc1cc2ccc(-c3cccc(-c4c(C)cc(OCCCS(C)(=O)=O)cc4C)c3)nc2cc1F. The highest BCUT2D eigenvalue weighted by molar-refractivity contribution is 7.90. The van der Waals surface area contributed by atoms with Gasteiger partial charge in [-0.2, -0.15) is 0 Å². The van der Waals surface area contributed by atoms with Gasteiger partial charge in [0.2, 0.25) is 0 Å². The molecule has 0 aliphatic carbocycles. The molecular formula is C31H30FNO5S. The summed E-state index contributed by atoms with van der Waals surface area (Å²) in [6.07, 6.45) is 4.22. The molecule has 6 nitrogen and oxygen atoms in total. The Balaban J connectivity index is 1.59. The number of methoxy groups -OCH3 is 1. The van der Waals surface area contributed by atoms with Gasteiger partial charge in [-0.15, -0.1) is 0 Å². The highest BCUT2D eigenvalue weighted by Crippen LogP contribution is 2.33. The van der Waals surface area contributed by atoms with Crippen molar-refractivity contribution in [2.75, 3.05) is 25.7 Å². The predicted molar refractivity (Wildman–Crippen MR) is 153 cm³/mol. The van der Waals surface area contributed by atoms with Crippen molar-refractivity contribution < 1.29 is 27.1 Å². The normalized spacial score (nSPS) is 11.7. The molecule has 0 saturated heterocycles. The quantitative estimate of drug-likeness (QED) is 0.138. The number of carbonyl (C=O) groups is 1. The fourth-order valence-corrected chi connectivity index (χ4v) is 5.13. The van der Waals surface area contributed by atoms with Crippen molar-refractivity contribution >= 4 is 32.8 Å². The van der Waals surface area contributed by atoms with Crippen LogP contribution in [0, 0.1) is 19.7 Å². The van der Waals surface area contributed by atoms with Gasteiger partial charge in [0.15, 0.2) is 0 Å². The molecule has 3 aromatic carbocycles. The van der Waals surface area contributed by atoms with Gasteiger partial charge < -0.3 is 9.47 Å². The number of hydrogen-bond acceptors (Lipinski definition) is 6. The van der Waals surface area contributed by atoms with Crippen LogP contribution < -0.4 is 4.74 Å². The summed E-state index contributed by atoms with van der Waals surface area (Å²) in [7, 11) is -1.74. The van der Waals surface area contributed by atoms with E-state index < -0.39 is 21.6 Å². The van der Waals surface area contributed by atoms with E-state index in [0.717, 1.165) is 33.2 Å². The van der Waals surface area contributed by atoms with Gasteiger partial charge in [0.1, 0.15) is 21.4 Å². The van der Waals surface area contributed by atoms with Crippen LogP contribution >= 0.6 is 0 Å². The van der Waals surface area contributed by atoms with E-state index >= 15 is 0 Å². The third-order valence-corrected chi connectivity index (χ3v) is 7.32. The molecule has 4 rings (SSSR count). The summed E-state index contributed by atoms with van der Waals surface area (Å²) in [4.78, 5) is 16.1. The topological polar surface area (TPSA) is 82.6 Å². The molecule has 202 valence electrons. The first kappa shape index (κ1) is 28.0. The van der Waals surface area contributed by atoms with E-state index in [1.165, 1.54) is 31.6 Å². The van der Waals surface area contributed by atoms with Crippen LogP contribution in [0.25, 0.3) is 39.4 Å². The lowest BCUT2D eigenvalue weighted by molar-refractivity contribution is -0.134. The van der Waals surface area contributed by atoms with Crippen molar-refractivity contribution in [2.45, 2.75) is 20.3 Å². The Morgan fingerprint density at radius 3 is 2.41 bits per heavy atom. The molecular weight excluding hydrogens is 517 g/mol. The van der Waals surface area contributed by atoms with Crippen LogP contribution in [-0.4, -0.2) is 45.1 Å². The smallest absolute Gasteiger partial charge is 0.330 e. The Morgan fingerprint density at radius 1 is 1.00 bits per heavy atom. The fraction of sp³-hybridized carbons (Fsp3) is 0.226. The highest BCUT2D eigenvalue weighted by atomic mass is 32.2.